The summed E-state index contributed by atoms with van der Waals surface area (Å²) >= 11 is 2.08. The van der Waals surface area contributed by atoms with Crippen molar-refractivity contribution < 1.29 is 5.11 Å². The molecule has 0 saturated heterocycles. The summed E-state index contributed by atoms with van der Waals surface area (Å²) in [6.45, 7) is 0.411. The number of thioether (sulfide) groups is 1. The third kappa shape index (κ3) is 1.97. The van der Waals surface area contributed by atoms with E-state index in [1.165, 1.54) is 44.9 Å². The first-order valence-electron chi connectivity index (χ1n) is 5.13. The smallest absolute Gasteiger partial charge is 0.0578 e. The molecule has 0 amide bonds. The monoisotopic (exact) mass is 186 g/mol. The summed E-state index contributed by atoms with van der Waals surface area (Å²) in [4.78, 5) is 0. The molecule has 0 heterocycles. The summed E-state index contributed by atoms with van der Waals surface area (Å²) in [5.41, 5.74) is 0. The van der Waals surface area contributed by atoms with E-state index in [0.717, 1.165) is 5.25 Å². The van der Waals surface area contributed by atoms with E-state index in [9.17, 15) is 0 Å². The van der Waals surface area contributed by atoms with Gasteiger partial charge in [-0.3, -0.25) is 0 Å². The van der Waals surface area contributed by atoms with Crippen LogP contribution in [0.3, 0.4) is 0 Å². The molecule has 2 rings (SSSR count). The number of hydrogen-bond donors (Lipinski definition) is 1. The Morgan fingerprint density at radius 2 is 1.83 bits per heavy atom. The molecule has 0 aromatic carbocycles. The van der Waals surface area contributed by atoms with Crippen molar-refractivity contribution in [1.29, 1.82) is 0 Å². The Morgan fingerprint density at radius 3 is 2.33 bits per heavy atom. The quantitative estimate of drug-likeness (QED) is 0.731. The van der Waals surface area contributed by atoms with Crippen LogP contribution in [-0.4, -0.2) is 21.7 Å². The lowest BCUT2D eigenvalue weighted by Crippen LogP contribution is -2.17. The van der Waals surface area contributed by atoms with Gasteiger partial charge in [-0.05, 0) is 25.7 Å². The van der Waals surface area contributed by atoms with Crippen molar-refractivity contribution in [2.45, 2.75) is 54.9 Å². The van der Waals surface area contributed by atoms with Gasteiger partial charge in [0, 0.05) is 10.00 Å². The van der Waals surface area contributed by atoms with Crippen molar-refractivity contribution in [1.82, 2.24) is 0 Å². The predicted octanol–water partition coefficient (Wildman–Crippen LogP) is 2.58. The van der Waals surface area contributed by atoms with Gasteiger partial charge in [-0.25, -0.2) is 0 Å². The molecule has 2 heteroatoms. The van der Waals surface area contributed by atoms with E-state index >= 15 is 0 Å². The molecule has 2 aliphatic carbocycles. The van der Waals surface area contributed by atoms with Crippen molar-refractivity contribution in [2.75, 3.05) is 6.61 Å². The van der Waals surface area contributed by atoms with Crippen molar-refractivity contribution in [3.8, 4) is 0 Å². The van der Waals surface area contributed by atoms with Gasteiger partial charge < -0.3 is 5.11 Å². The highest BCUT2D eigenvalue weighted by atomic mass is 32.2. The summed E-state index contributed by atoms with van der Waals surface area (Å²) in [6, 6.07) is 0. The number of aliphatic hydroxyl groups excluding tert-OH is 1. The van der Waals surface area contributed by atoms with E-state index in [1.54, 1.807) is 0 Å². The second-order valence-corrected chi connectivity index (χ2v) is 5.99. The summed E-state index contributed by atoms with van der Waals surface area (Å²) in [5.74, 6) is 0. The van der Waals surface area contributed by atoms with E-state index in [2.05, 4.69) is 11.8 Å². The lowest BCUT2D eigenvalue weighted by atomic mass is 10.0. The molecule has 0 aromatic rings. The highest BCUT2D eigenvalue weighted by molar-refractivity contribution is 8.01. The van der Waals surface area contributed by atoms with Crippen molar-refractivity contribution in [3.63, 3.8) is 0 Å². The highest BCUT2D eigenvalue weighted by Gasteiger charge is 2.44. The maximum Gasteiger partial charge on any atom is 0.0578 e. The minimum Gasteiger partial charge on any atom is -0.395 e. The van der Waals surface area contributed by atoms with E-state index in [-0.39, 0.29) is 0 Å². The molecule has 0 atom stereocenters. The van der Waals surface area contributed by atoms with Crippen LogP contribution in [0.1, 0.15) is 44.9 Å². The van der Waals surface area contributed by atoms with Gasteiger partial charge in [-0.1, -0.05) is 19.3 Å². The molecule has 12 heavy (non-hydrogen) atoms. The fraction of sp³-hybridized carbons (Fsp3) is 1.00. The summed E-state index contributed by atoms with van der Waals surface area (Å²) in [7, 11) is 0. The minimum atomic E-state index is 0.321. The Hall–Kier alpha value is 0.310. The van der Waals surface area contributed by atoms with E-state index in [0.29, 0.717) is 11.4 Å². The average molecular weight is 186 g/mol. The molecule has 70 valence electrons. The lowest BCUT2D eigenvalue weighted by Gasteiger charge is -2.24. The Bertz CT molecular complexity index is 148. The maximum atomic E-state index is 9.17. The van der Waals surface area contributed by atoms with Crippen molar-refractivity contribution in [3.05, 3.63) is 0 Å². The molecule has 1 nitrogen and oxygen atoms in total. The van der Waals surface area contributed by atoms with Crippen molar-refractivity contribution in [2.24, 2.45) is 0 Å². The fourth-order valence-corrected chi connectivity index (χ4v) is 3.68. The van der Waals surface area contributed by atoms with E-state index in [4.69, 9.17) is 5.11 Å². The molecule has 0 radical (unpaired) electrons. The summed E-state index contributed by atoms with van der Waals surface area (Å²) in [6.07, 6.45) is 9.57. The van der Waals surface area contributed by atoms with E-state index in [1.807, 2.05) is 0 Å². The zero-order valence-corrected chi connectivity index (χ0v) is 8.41. The maximum absolute atomic E-state index is 9.17. The Morgan fingerprint density at radius 1 is 1.17 bits per heavy atom. The predicted molar refractivity (Wildman–Crippen MR) is 53.5 cm³/mol. The molecular weight excluding hydrogens is 168 g/mol. The average Bonchev–Trinajstić information content (AvgIpc) is 2.88. The van der Waals surface area contributed by atoms with Gasteiger partial charge in [0.1, 0.15) is 0 Å². The molecule has 0 unspecified atom stereocenters. The molecule has 2 fully saturated rings. The van der Waals surface area contributed by atoms with E-state index < -0.39 is 0 Å². The van der Waals surface area contributed by atoms with Gasteiger partial charge in [0.2, 0.25) is 0 Å². The van der Waals surface area contributed by atoms with Crippen LogP contribution in [0.5, 0.6) is 0 Å². The van der Waals surface area contributed by atoms with Gasteiger partial charge in [0.15, 0.2) is 0 Å². The number of aliphatic hydroxyl groups is 1. The van der Waals surface area contributed by atoms with Crippen LogP contribution in [0.25, 0.3) is 0 Å². The Kier molecular flexibility index (Phi) is 2.66. The zero-order valence-electron chi connectivity index (χ0n) is 7.59. The summed E-state index contributed by atoms with van der Waals surface area (Å²) in [5, 5.41) is 10.0. The van der Waals surface area contributed by atoms with Gasteiger partial charge >= 0.3 is 0 Å². The Labute approximate surface area is 78.9 Å². The van der Waals surface area contributed by atoms with Crippen LogP contribution in [0.4, 0.5) is 0 Å². The van der Waals surface area contributed by atoms with Gasteiger partial charge in [0.25, 0.3) is 0 Å². The normalized spacial score (nSPS) is 28.8. The second-order valence-electron chi connectivity index (χ2n) is 4.22. The van der Waals surface area contributed by atoms with Gasteiger partial charge in [0.05, 0.1) is 6.61 Å². The third-order valence-electron chi connectivity index (χ3n) is 3.06. The molecule has 0 bridgehead atoms. The lowest BCUT2D eigenvalue weighted by molar-refractivity contribution is 0.288. The summed E-state index contributed by atoms with van der Waals surface area (Å²) < 4.78 is 0.321. The molecular formula is C10H18OS. The molecule has 0 aromatic heterocycles. The molecule has 2 aliphatic rings. The second kappa shape index (κ2) is 3.59. The first-order valence-corrected chi connectivity index (χ1v) is 6.01. The molecule has 0 aliphatic heterocycles. The van der Waals surface area contributed by atoms with Gasteiger partial charge in [-0.2, -0.15) is 0 Å². The SMILES string of the molecule is OCC1(SC2CCCCC2)CC1. The topological polar surface area (TPSA) is 20.2 Å². The first-order chi connectivity index (χ1) is 5.85. The van der Waals surface area contributed by atoms with Crippen LogP contribution in [0.15, 0.2) is 0 Å². The number of hydrogen-bond acceptors (Lipinski definition) is 2. The fourth-order valence-electron chi connectivity index (χ4n) is 1.99. The third-order valence-corrected chi connectivity index (χ3v) is 4.91. The first kappa shape index (κ1) is 8.89. The van der Waals surface area contributed by atoms with Crippen molar-refractivity contribution >= 4 is 11.8 Å². The van der Waals surface area contributed by atoms with Crippen LogP contribution in [-0.2, 0) is 0 Å². The number of rotatable bonds is 3. The molecule has 0 spiro atoms. The zero-order chi connectivity index (χ0) is 8.44. The molecule has 1 N–H and O–H groups in total. The largest absolute Gasteiger partial charge is 0.395 e. The minimum absolute atomic E-state index is 0.321. The van der Waals surface area contributed by atoms with Gasteiger partial charge in [-0.15, -0.1) is 11.8 Å². The van der Waals surface area contributed by atoms with Crippen LogP contribution in [0, 0.1) is 0 Å². The standard InChI is InChI=1S/C10H18OS/c11-8-10(6-7-10)12-9-4-2-1-3-5-9/h9,11H,1-8H2. The Balaban J connectivity index is 1.77. The van der Waals surface area contributed by atoms with Crippen LogP contribution < -0.4 is 0 Å². The van der Waals surface area contributed by atoms with Crippen LogP contribution in [0.2, 0.25) is 0 Å². The van der Waals surface area contributed by atoms with Crippen LogP contribution >= 0.6 is 11.8 Å². The molecule has 2 saturated carbocycles. The highest BCUT2D eigenvalue weighted by Crippen LogP contribution is 2.51.